The minimum atomic E-state index is 0.355. The van der Waals surface area contributed by atoms with E-state index in [2.05, 4.69) is 91.9 Å². The van der Waals surface area contributed by atoms with E-state index in [1.807, 2.05) is 0 Å². The third kappa shape index (κ3) is 3.49. The van der Waals surface area contributed by atoms with Crippen LogP contribution in [0.1, 0.15) is 24.8 Å². The molecule has 0 amide bonds. The van der Waals surface area contributed by atoms with Gasteiger partial charge in [0.25, 0.3) is 0 Å². The van der Waals surface area contributed by atoms with Crippen LogP contribution in [0.15, 0.2) is 89.3 Å². The van der Waals surface area contributed by atoms with Gasteiger partial charge in [-0.1, -0.05) is 0 Å². The summed E-state index contributed by atoms with van der Waals surface area (Å²) >= 11 is 0.355. The normalized spacial score (nSPS) is 12.3. The van der Waals surface area contributed by atoms with E-state index in [1.54, 1.807) is 0 Å². The van der Waals surface area contributed by atoms with E-state index < -0.39 is 0 Å². The first-order valence-corrected chi connectivity index (χ1v) is 11.2. The fourth-order valence-electron chi connectivity index (χ4n) is 3.30. The maximum absolute atomic E-state index is 6.27. The van der Waals surface area contributed by atoms with Gasteiger partial charge in [-0.05, 0) is 0 Å². The van der Waals surface area contributed by atoms with Crippen LogP contribution in [0.25, 0.3) is 22.3 Å². The molecule has 3 aromatic carbocycles. The molecule has 0 spiro atoms. The van der Waals surface area contributed by atoms with Gasteiger partial charge >= 0.3 is 161 Å². The first-order valence-electron chi connectivity index (χ1n) is 9.11. The first-order chi connectivity index (χ1) is 12.9. The van der Waals surface area contributed by atoms with Gasteiger partial charge in [0.2, 0.25) is 0 Å². The fraction of sp³-hybridized carbons (Fsp3) is 0.167. The molecule has 4 aromatic rings. The van der Waals surface area contributed by atoms with Crippen molar-refractivity contribution in [1.82, 2.24) is 0 Å². The minimum absolute atomic E-state index is 0.355. The SMILES string of the molecule is CCC(C[Se]c1c(-c2ccccc2)oc2ccccc12)c1ccccc1. The Kier molecular flexibility index (Phi) is 5.24. The molecule has 2 heteroatoms. The molecule has 1 heterocycles. The standard InChI is InChI=1S/C24H22OSe/c1-2-18(19-11-5-3-6-12-19)17-26-24-21-15-9-10-16-22(21)25-23(24)20-13-7-4-8-14-20/h3-16,18H,2,17H2,1H3. The zero-order valence-electron chi connectivity index (χ0n) is 14.9. The molecule has 4 rings (SSSR count). The van der Waals surface area contributed by atoms with Crippen molar-refractivity contribution in [1.29, 1.82) is 0 Å². The van der Waals surface area contributed by atoms with Crippen molar-refractivity contribution in [2.45, 2.75) is 24.6 Å². The van der Waals surface area contributed by atoms with Crippen LogP contribution >= 0.6 is 0 Å². The molecule has 0 fully saturated rings. The number of furan rings is 1. The molecule has 0 aliphatic heterocycles. The van der Waals surface area contributed by atoms with Gasteiger partial charge < -0.3 is 0 Å². The van der Waals surface area contributed by atoms with Crippen molar-refractivity contribution >= 4 is 30.4 Å². The molecule has 0 saturated carbocycles. The van der Waals surface area contributed by atoms with E-state index >= 15 is 0 Å². The van der Waals surface area contributed by atoms with Gasteiger partial charge in [-0.15, -0.1) is 0 Å². The molecule has 1 unspecified atom stereocenters. The number of para-hydroxylation sites is 1. The van der Waals surface area contributed by atoms with Gasteiger partial charge in [-0.3, -0.25) is 0 Å². The van der Waals surface area contributed by atoms with Crippen LogP contribution in [0.5, 0.6) is 0 Å². The van der Waals surface area contributed by atoms with E-state index in [1.165, 1.54) is 32.7 Å². The van der Waals surface area contributed by atoms with Crippen LogP contribution in [0.3, 0.4) is 0 Å². The van der Waals surface area contributed by atoms with Crippen LogP contribution in [0.4, 0.5) is 0 Å². The van der Waals surface area contributed by atoms with E-state index in [0.717, 1.165) is 11.3 Å². The average Bonchev–Trinajstić information content (AvgIpc) is 3.09. The predicted molar refractivity (Wildman–Crippen MR) is 111 cm³/mol. The second-order valence-corrected chi connectivity index (χ2v) is 8.61. The van der Waals surface area contributed by atoms with Crippen LogP contribution in [0.2, 0.25) is 5.32 Å². The summed E-state index contributed by atoms with van der Waals surface area (Å²) < 4.78 is 7.67. The summed E-state index contributed by atoms with van der Waals surface area (Å²) in [7, 11) is 0. The Bertz CT molecular complexity index is 973. The van der Waals surface area contributed by atoms with E-state index in [9.17, 15) is 0 Å². The average molecular weight is 405 g/mol. The molecular formula is C24H22OSe. The van der Waals surface area contributed by atoms with Gasteiger partial charge in [0.05, 0.1) is 0 Å². The first kappa shape index (κ1) is 17.1. The van der Waals surface area contributed by atoms with E-state index in [4.69, 9.17) is 4.42 Å². The van der Waals surface area contributed by atoms with Crippen molar-refractivity contribution in [3.63, 3.8) is 0 Å². The second kappa shape index (κ2) is 7.95. The van der Waals surface area contributed by atoms with Gasteiger partial charge in [0.15, 0.2) is 0 Å². The Balaban J connectivity index is 1.69. The molecule has 0 N–H and O–H groups in total. The molecule has 0 saturated heterocycles. The number of hydrogen-bond donors (Lipinski definition) is 0. The summed E-state index contributed by atoms with van der Waals surface area (Å²) in [5.41, 5.74) is 3.62. The summed E-state index contributed by atoms with van der Waals surface area (Å²) in [4.78, 5) is 0. The summed E-state index contributed by atoms with van der Waals surface area (Å²) in [5.74, 6) is 1.66. The number of benzene rings is 3. The topological polar surface area (TPSA) is 13.1 Å². The van der Waals surface area contributed by atoms with Crippen LogP contribution < -0.4 is 4.46 Å². The molecule has 130 valence electrons. The van der Waals surface area contributed by atoms with Gasteiger partial charge in [-0.2, -0.15) is 0 Å². The van der Waals surface area contributed by atoms with E-state index in [-0.39, 0.29) is 0 Å². The second-order valence-electron chi connectivity index (χ2n) is 6.45. The van der Waals surface area contributed by atoms with Gasteiger partial charge in [-0.25, -0.2) is 0 Å². The molecule has 1 aromatic heterocycles. The number of rotatable bonds is 6. The Morgan fingerprint density at radius 2 is 1.46 bits per heavy atom. The summed E-state index contributed by atoms with van der Waals surface area (Å²) in [6.07, 6.45) is 1.17. The third-order valence-electron chi connectivity index (χ3n) is 4.78. The summed E-state index contributed by atoms with van der Waals surface area (Å²) in [5, 5.41) is 2.46. The molecule has 1 nitrogen and oxygen atoms in total. The van der Waals surface area contributed by atoms with Crippen molar-refractivity contribution in [3.8, 4) is 11.3 Å². The summed E-state index contributed by atoms with van der Waals surface area (Å²) in [6.45, 7) is 2.29. The third-order valence-corrected chi connectivity index (χ3v) is 7.43. The molecular weight excluding hydrogens is 383 g/mol. The van der Waals surface area contributed by atoms with Crippen molar-refractivity contribution in [2.24, 2.45) is 0 Å². The van der Waals surface area contributed by atoms with Crippen LogP contribution in [-0.4, -0.2) is 15.0 Å². The Hall–Kier alpha value is -2.28. The Labute approximate surface area is 161 Å². The molecule has 0 bridgehead atoms. The zero-order valence-corrected chi connectivity index (χ0v) is 16.6. The summed E-state index contributed by atoms with van der Waals surface area (Å²) in [6, 6.07) is 29.9. The van der Waals surface area contributed by atoms with Crippen molar-refractivity contribution in [2.75, 3.05) is 0 Å². The van der Waals surface area contributed by atoms with Crippen LogP contribution in [-0.2, 0) is 0 Å². The molecule has 0 aliphatic rings. The molecule has 26 heavy (non-hydrogen) atoms. The Morgan fingerprint density at radius 3 is 2.19 bits per heavy atom. The monoisotopic (exact) mass is 406 g/mol. The van der Waals surface area contributed by atoms with E-state index in [0.29, 0.717) is 20.9 Å². The molecule has 1 atom stereocenters. The number of hydrogen-bond acceptors (Lipinski definition) is 1. The predicted octanol–water partition coefficient (Wildman–Crippen LogP) is 6.04. The molecule has 0 aliphatic carbocycles. The Morgan fingerprint density at radius 1 is 0.808 bits per heavy atom. The molecule has 0 radical (unpaired) electrons. The van der Waals surface area contributed by atoms with Gasteiger partial charge in [0.1, 0.15) is 0 Å². The van der Waals surface area contributed by atoms with Crippen molar-refractivity contribution in [3.05, 3.63) is 90.5 Å². The number of fused-ring (bicyclic) bond motifs is 1. The van der Waals surface area contributed by atoms with Crippen molar-refractivity contribution < 1.29 is 4.42 Å². The maximum atomic E-state index is 6.27. The zero-order chi connectivity index (χ0) is 17.8. The van der Waals surface area contributed by atoms with Gasteiger partial charge in [0, 0.05) is 0 Å². The quantitative estimate of drug-likeness (QED) is 0.357. The fourth-order valence-corrected chi connectivity index (χ4v) is 6.26. The van der Waals surface area contributed by atoms with Crippen LogP contribution in [0, 0.1) is 0 Å².